The van der Waals surface area contributed by atoms with E-state index in [0.29, 0.717) is 11.5 Å². The molecule has 2 rings (SSSR count). The van der Waals surface area contributed by atoms with Crippen LogP contribution < -0.4 is 10.5 Å². The van der Waals surface area contributed by atoms with E-state index in [-0.39, 0.29) is 10.9 Å². The van der Waals surface area contributed by atoms with E-state index < -0.39 is 9.84 Å². The summed E-state index contributed by atoms with van der Waals surface area (Å²) in [7, 11) is -3.20. The number of ether oxygens (including phenoxy) is 1. The van der Waals surface area contributed by atoms with Crippen molar-refractivity contribution < 1.29 is 13.2 Å². The lowest BCUT2D eigenvalue weighted by atomic mass is 10.1. The second-order valence-corrected chi connectivity index (χ2v) is 7.75. The maximum atomic E-state index is 11.4. The van der Waals surface area contributed by atoms with E-state index in [2.05, 4.69) is 15.9 Å². The fourth-order valence-corrected chi connectivity index (χ4v) is 2.86. The summed E-state index contributed by atoms with van der Waals surface area (Å²) in [5, 5.41) is 0. The van der Waals surface area contributed by atoms with Crippen LogP contribution in [-0.2, 0) is 9.84 Å². The Morgan fingerprint density at radius 1 is 1.14 bits per heavy atom. The number of nitrogens with two attached hydrogens (primary N) is 1. The van der Waals surface area contributed by atoms with Crippen LogP contribution in [0.2, 0.25) is 0 Å². The summed E-state index contributed by atoms with van der Waals surface area (Å²) in [6, 6.07) is 11.7. The zero-order valence-corrected chi connectivity index (χ0v) is 14.1. The third-order valence-electron chi connectivity index (χ3n) is 2.94. The highest BCUT2D eigenvalue weighted by atomic mass is 79.9. The van der Waals surface area contributed by atoms with Gasteiger partial charge in [0.1, 0.15) is 11.5 Å². The van der Waals surface area contributed by atoms with Crippen molar-refractivity contribution in [1.82, 2.24) is 0 Å². The predicted molar refractivity (Wildman–Crippen MR) is 86.4 cm³/mol. The van der Waals surface area contributed by atoms with E-state index in [1.165, 1.54) is 18.4 Å². The third-order valence-corrected chi connectivity index (χ3v) is 4.56. The van der Waals surface area contributed by atoms with Crippen molar-refractivity contribution in [2.24, 2.45) is 5.73 Å². The van der Waals surface area contributed by atoms with Gasteiger partial charge in [-0.2, -0.15) is 0 Å². The van der Waals surface area contributed by atoms with Gasteiger partial charge in [-0.05, 0) is 49.4 Å². The van der Waals surface area contributed by atoms with Crippen LogP contribution in [0.3, 0.4) is 0 Å². The molecule has 0 aromatic heterocycles. The smallest absolute Gasteiger partial charge is 0.175 e. The summed E-state index contributed by atoms with van der Waals surface area (Å²) in [4.78, 5) is 0.262. The standard InChI is InChI=1S/C15H16BrNO3S/c1-10(17)14-9-11(16)3-8-15(14)20-12-4-6-13(7-5-12)21(2,18)19/h3-10H,17H2,1-2H3. The molecule has 0 bridgehead atoms. The molecule has 1 unspecified atom stereocenters. The van der Waals surface area contributed by atoms with Gasteiger partial charge in [-0.3, -0.25) is 0 Å². The molecule has 0 fully saturated rings. The van der Waals surface area contributed by atoms with Gasteiger partial charge in [0.05, 0.1) is 4.90 Å². The molecule has 0 aliphatic rings. The number of halogens is 1. The fraction of sp³-hybridized carbons (Fsp3) is 0.200. The molecule has 0 spiro atoms. The highest BCUT2D eigenvalue weighted by molar-refractivity contribution is 9.10. The van der Waals surface area contributed by atoms with E-state index in [9.17, 15) is 8.42 Å². The minimum atomic E-state index is -3.20. The Bertz CT molecular complexity index is 740. The minimum absolute atomic E-state index is 0.173. The molecule has 0 heterocycles. The molecule has 4 nitrogen and oxygen atoms in total. The second-order valence-electron chi connectivity index (χ2n) is 4.82. The molecule has 0 aliphatic heterocycles. The Hall–Kier alpha value is -1.37. The maximum absolute atomic E-state index is 11.4. The lowest BCUT2D eigenvalue weighted by molar-refractivity contribution is 0.471. The van der Waals surface area contributed by atoms with Crippen LogP contribution in [0.15, 0.2) is 51.8 Å². The van der Waals surface area contributed by atoms with Gasteiger partial charge in [-0.1, -0.05) is 15.9 Å². The summed E-state index contributed by atoms with van der Waals surface area (Å²) in [5.74, 6) is 1.21. The molecule has 21 heavy (non-hydrogen) atoms. The summed E-state index contributed by atoms with van der Waals surface area (Å²) < 4.78 is 29.6. The van der Waals surface area contributed by atoms with E-state index in [1.807, 2.05) is 25.1 Å². The molecule has 0 saturated heterocycles. The molecular formula is C15H16BrNO3S. The van der Waals surface area contributed by atoms with Gasteiger partial charge < -0.3 is 10.5 Å². The summed E-state index contributed by atoms with van der Waals surface area (Å²) >= 11 is 3.40. The molecule has 0 amide bonds. The topological polar surface area (TPSA) is 69.4 Å². The first-order valence-corrected chi connectivity index (χ1v) is 8.99. The average molecular weight is 370 g/mol. The van der Waals surface area contributed by atoms with Crippen LogP contribution in [0.5, 0.6) is 11.5 Å². The van der Waals surface area contributed by atoms with Gasteiger partial charge in [0.25, 0.3) is 0 Å². The zero-order chi connectivity index (χ0) is 15.6. The number of rotatable bonds is 4. The molecule has 6 heteroatoms. The molecule has 2 aromatic rings. The zero-order valence-electron chi connectivity index (χ0n) is 11.7. The van der Waals surface area contributed by atoms with Crippen LogP contribution in [0.25, 0.3) is 0 Å². The number of sulfone groups is 1. The van der Waals surface area contributed by atoms with Crippen LogP contribution in [-0.4, -0.2) is 14.7 Å². The maximum Gasteiger partial charge on any atom is 0.175 e. The molecule has 0 aliphatic carbocycles. The van der Waals surface area contributed by atoms with Crippen LogP contribution in [0, 0.1) is 0 Å². The summed E-state index contributed by atoms with van der Waals surface area (Å²) in [5.41, 5.74) is 6.81. The lowest BCUT2D eigenvalue weighted by Crippen LogP contribution is -2.06. The Balaban J connectivity index is 2.30. The first kappa shape index (κ1) is 16.0. The molecule has 112 valence electrons. The van der Waals surface area contributed by atoms with Gasteiger partial charge in [0.2, 0.25) is 0 Å². The molecule has 1 atom stereocenters. The van der Waals surface area contributed by atoms with Crippen LogP contribution >= 0.6 is 15.9 Å². The van der Waals surface area contributed by atoms with Crippen molar-refractivity contribution >= 4 is 25.8 Å². The first-order valence-electron chi connectivity index (χ1n) is 6.30. The molecule has 2 N–H and O–H groups in total. The van der Waals surface area contributed by atoms with Crippen LogP contribution in [0.1, 0.15) is 18.5 Å². The Morgan fingerprint density at radius 3 is 2.29 bits per heavy atom. The normalized spacial score (nSPS) is 13.0. The van der Waals surface area contributed by atoms with Gasteiger partial charge in [-0.25, -0.2) is 8.42 Å². The van der Waals surface area contributed by atoms with E-state index >= 15 is 0 Å². The fourth-order valence-electron chi connectivity index (χ4n) is 1.85. The molecule has 0 radical (unpaired) electrons. The van der Waals surface area contributed by atoms with Crippen molar-refractivity contribution in [2.75, 3.05) is 6.26 Å². The summed E-state index contributed by atoms with van der Waals surface area (Å²) in [6.07, 6.45) is 1.17. The molecular weight excluding hydrogens is 354 g/mol. The number of benzene rings is 2. The monoisotopic (exact) mass is 369 g/mol. The molecule has 2 aromatic carbocycles. The van der Waals surface area contributed by atoms with Crippen molar-refractivity contribution in [3.8, 4) is 11.5 Å². The first-order chi connectivity index (χ1) is 9.77. The van der Waals surface area contributed by atoms with Gasteiger partial charge in [0.15, 0.2) is 9.84 Å². The van der Waals surface area contributed by atoms with Gasteiger partial charge >= 0.3 is 0 Å². The minimum Gasteiger partial charge on any atom is -0.457 e. The van der Waals surface area contributed by atoms with Gasteiger partial charge in [0, 0.05) is 22.3 Å². The number of hydrogen-bond acceptors (Lipinski definition) is 4. The SMILES string of the molecule is CC(N)c1cc(Br)ccc1Oc1ccc(S(C)(=O)=O)cc1. The second kappa shape index (κ2) is 6.17. The van der Waals surface area contributed by atoms with E-state index in [4.69, 9.17) is 10.5 Å². The van der Waals surface area contributed by atoms with Crippen molar-refractivity contribution in [3.63, 3.8) is 0 Å². The third kappa shape index (κ3) is 4.06. The summed E-state index contributed by atoms with van der Waals surface area (Å²) in [6.45, 7) is 1.88. The van der Waals surface area contributed by atoms with Crippen molar-refractivity contribution in [3.05, 3.63) is 52.5 Å². The molecule has 0 saturated carbocycles. The Labute approximate surface area is 133 Å². The van der Waals surface area contributed by atoms with Crippen molar-refractivity contribution in [2.45, 2.75) is 17.9 Å². The van der Waals surface area contributed by atoms with Crippen molar-refractivity contribution in [1.29, 1.82) is 0 Å². The lowest BCUT2D eigenvalue weighted by Gasteiger charge is -2.14. The predicted octanol–water partition coefficient (Wildman–Crippen LogP) is 3.66. The Morgan fingerprint density at radius 2 is 1.76 bits per heavy atom. The van der Waals surface area contributed by atoms with E-state index in [1.54, 1.807) is 12.1 Å². The average Bonchev–Trinajstić information content (AvgIpc) is 2.40. The number of hydrogen-bond donors (Lipinski definition) is 1. The Kier molecular flexibility index (Phi) is 4.70. The van der Waals surface area contributed by atoms with Crippen LogP contribution in [0.4, 0.5) is 0 Å². The largest absolute Gasteiger partial charge is 0.457 e. The highest BCUT2D eigenvalue weighted by Crippen LogP contribution is 2.31. The quantitative estimate of drug-likeness (QED) is 0.892. The van der Waals surface area contributed by atoms with Gasteiger partial charge in [-0.15, -0.1) is 0 Å². The van der Waals surface area contributed by atoms with E-state index in [0.717, 1.165) is 10.0 Å². The highest BCUT2D eigenvalue weighted by Gasteiger charge is 2.11.